The van der Waals surface area contributed by atoms with Gasteiger partial charge in [-0.1, -0.05) is 6.07 Å². The SMILES string of the molecule is Cc1ccc2c(c1)OC(C)(C)C(=O)N2CC1CC1. The molecule has 3 heteroatoms. The molecule has 0 saturated heterocycles. The van der Waals surface area contributed by atoms with Crippen LogP contribution in [0.4, 0.5) is 5.69 Å². The third-order valence-corrected chi connectivity index (χ3v) is 3.67. The lowest BCUT2D eigenvalue weighted by Gasteiger charge is -2.39. The molecule has 1 heterocycles. The van der Waals surface area contributed by atoms with Gasteiger partial charge in [-0.05, 0) is 57.2 Å². The van der Waals surface area contributed by atoms with Gasteiger partial charge in [0.25, 0.3) is 5.91 Å². The molecule has 96 valence electrons. The number of carbonyl (C=O) groups is 1. The normalized spacial score (nSPS) is 21.5. The van der Waals surface area contributed by atoms with E-state index in [0.717, 1.165) is 23.5 Å². The number of aryl methyl sites for hydroxylation is 1. The molecule has 3 rings (SSSR count). The molecule has 0 atom stereocenters. The van der Waals surface area contributed by atoms with Gasteiger partial charge in [-0.2, -0.15) is 0 Å². The van der Waals surface area contributed by atoms with Crippen LogP contribution in [0.3, 0.4) is 0 Å². The van der Waals surface area contributed by atoms with Gasteiger partial charge in [-0.15, -0.1) is 0 Å². The van der Waals surface area contributed by atoms with Crippen LogP contribution < -0.4 is 9.64 Å². The standard InChI is InChI=1S/C15H19NO2/c1-10-4-7-12-13(8-10)18-15(2,3)14(17)16(12)9-11-5-6-11/h4,7-8,11H,5-6,9H2,1-3H3. The van der Waals surface area contributed by atoms with E-state index in [9.17, 15) is 4.79 Å². The van der Waals surface area contributed by atoms with Crippen molar-refractivity contribution in [3.63, 3.8) is 0 Å². The second-order valence-corrected chi connectivity index (χ2v) is 5.94. The van der Waals surface area contributed by atoms with E-state index in [4.69, 9.17) is 4.74 Å². The van der Waals surface area contributed by atoms with Crippen LogP contribution in [0.2, 0.25) is 0 Å². The third kappa shape index (κ3) is 1.88. The summed E-state index contributed by atoms with van der Waals surface area (Å²) in [4.78, 5) is 14.4. The van der Waals surface area contributed by atoms with Crippen molar-refractivity contribution in [3.8, 4) is 5.75 Å². The second-order valence-electron chi connectivity index (χ2n) is 5.94. The zero-order valence-corrected chi connectivity index (χ0v) is 11.2. The molecule has 1 aliphatic carbocycles. The lowest BCUT2D eigenvalue weighted by atomic mass is 10.0. The van der Waals surface area contributed by atoms with Crippen LogP contribution in [-0.2, 0) is 4.79 Å². The van der Waals surface area contributed by atoms with Gasteiger partial charge in [0.05, 0.1) is 5.69 Å². The molecule has 2 aliphatic rings. The number of carbonyl (C=O) groups excluding carboxylic acids is 1. The molecule has 0 bridgehead atoms. The summed E-state index contributed by atoms with van der Waals surface area (Å²) in [6, 6.07) is 6.05. The van der Waals surface area contributed by atoms with Crippen molar-refractivity contribution >= 4 is 11.6 Å². The second kappa shape index (κ2) is 3.74. The topological polar surface area (TPSA) is 29.5 Å². The number of hydrogen-bond donors (Lipinski definition) is 0. The smallest absolute Gasteiger partial charge is 0.270 e. The van der Waals surface area contributed by atoms with E-state index < -0.39 is 5.60 Å². The summed E-state index contributed by atoms with van der Waals surface area (Å²) < 4.78 is 5.85. The molecule has 1 saturated carbocycles. The summed E-state index contributed by atoms with van der Waals surface area (Å²) in [5.41, 5.74) is 1.33. The Morgan fingerprint density at radius 3 is 2.78 bits per heavy atom. The number of amides is 1. The number of ether oxygens (including phenoxy) is 1. The van der Waals surface area contributed by atoms with E-state index in [1.165, 1.54) is 12.8 Å². The van der Waals surface area contributed by atoms with Gasteiger partial charge in [-0.3, -0.25) is 4.79 Å². The summed E-state index contributed by atoms with van der Waals surface area (Å²) in [7, 11) is 0. The number of anilines is 1. The van der Waals surface area contributed by atoms with E-state index >= 15 is 0 Å². The van der Waals surface area contributed by atoms with Crippen LogP contribution >= 0.6 is 0 Å². The molecule has 0 N–H and O–H groups in total. The van der Waals surface area contributed by atoms with Gasteiger partial charge in [0.15, 0.2) is 5.60 Å². The Balaban J connectivity index is 2.03. The highest BCUT2D eigenvalue weighted by atomic mass is 16.5. The van der Waals surface area contributed by atoms with Crippen molar-refractivity contribution in [2.45, 2.75) is 39.2 Å². The van der Waals surface area contributed by atoms with Crippen molar-refractivity contribution in [1.82, 2.24) is 0 Å². The fraction of sp³-hybridized carbons (Fsp3) is 0.533. The maximum Gasteiger partial charge on any atom is 0.270 e. The van der Waals surface area contributed by atoms with E-state index in [1.54, 1.807) is 0 Å². The zero-order chi connectivity index (χ0) is 12.9. The first-order valence-electron chi connectivity index (χ1n) is 6.59. The van der Waals surface area contributed by atoms with E-state index in [-0.39, 0.29) is 5.91 Å². The Labute approximate surface area is 108 Å². The predicted octanol–water partition coefficient (Wildman–Crippen LogP) is 2.91. The molecule has 0 radical (unpaired) electrons. The predicted molar refractivity (Wildman–Crippen MR) is 71.0 cm³/mol. The minimum absolute atomic E-state index is 0.0748. The monoisotopic (exact) mass is 245 g/mol. The zero-order valence-electron chi connectivity index (χ0n) is 11.2. The Kier molecular flexibility index (Phi) is 2.40. The van der Waals surface area contributed by atoms with Crippen LogP contribution in [0, 0.1) is 12.8 Å². The largest absolute Gasteiger partial charge is 0.476 e. The quantitative estimate of drug-likeness (QED) is 0.801. The number of benzene rings is 1. The molecule has 18 heavy (non-hydrogen) atoms. The lowest BCUT2D eigenvalue weighted by Crippen LogP contribution is -2.53. The van der Waals surface area contributed by atoms with Crippen molar-refractivity contribution in [1.29, 1.82) is 0 Å². The summed E-state index contributed by atoms with van der Waals surface area (Å²) in [6.07, 6.45) is 2.48. The summed E-state index contributed by atoms with van der Waals surface area (Å²) >= 11 is 0. The molecule has 0 aromatic heterocycles. The number of nitrogens with zero attached hydrogens (tertiary/aromatic N) is 1. The molecule has 1 fully saturated rings. The van der Waals surface area contributed by atoms with Crippen molar-refractivity contribution in [2.75, 3.05) is 11.4 Å². The van der Waals surface area contributed by atoms with Crippen LogP contribution in [0.1, 0.15) is 32.3 Å². The van der Waals surface area contributed by atoms with Gasteiger partial charge in [-0.25, -0.2) is 0 Å². The summed E-state index contributed by atoms with van der Waals surface area (Å²) in [5, 5.41) is 0. The van der Waals surface area contributed by atoms with Crippen LogP contribution in [0.5, 0.6) is 5.75 Å². The highest BCUT2D eigenvalue weighted by Gasteiger charge is 2.42. The highest BCUT2D eigenvalue weighted by molar-refractivity contribution is 6.02. The fourth-order valence-electron chi connectivity index (χ4n) is 2.42. The van der Waals surface area contributed by atoms with Crippen molar-refractivity contribution < 1.29 is 9.53 Å². The molecule has 1 aliphatic heterocycles. The maximum absolute atomic E-state index is 12.5. The molecule has 3 nitrogen and oxygen atoms in total. The average molecular weight is 245 g/mol. The van der Waals surface area contributed by atoms with Gasteiger partial charge < -0.3 is 9.64 Å². The van der Waals surface area contributed by atoms with Crippen molar-refractivity contribution in [2.24, 2.45) is 5.92 Å². The fourth-order valence-corrected chi connectivity index (χ4v) is 2.42. The Morgan fingerprint density at radius 2 is 2.11 bits per heavy atom. The van der Waals surface area contributed by atoms with Gasteiger partial charge in [0.1, 0.15) is 5.75 Å². The molecule has 0 unspecified atom stereocenters. The van der Waals surface area contributed by atoms with E-state index in [0.29, 0.717) is 5.92 Å². The van der Waals surface area contributed by atoms with Crippen LogP contribution in [-0.4, -0.2) is 18.1 Å². The average Bonchev–Trinajstić information content (AvgIpc) is 3.08. The minimum atomic E-state index is -0.754. The maximum atomic E-state index is 12.5. The first-order chi connectivity index (χ1) is 8.47. The molecular weight excluding hydrogens is 226 g/mol. The van der Waals surface area contributed by atoms with Gasteiger partial charge in [0, 0.05) is 6.54 Å². The molecule has 0 spiro atoms. The number of hydrogen-bond acceptors (Lipinski definition) is 2. The Hall–Kier alpha value is -1.51. The number of fused-ring (bicyclic) bond motifs is 1. The van der Waals surface area contributed by atoms with Crippen LogP contribution in [0.15, 0.2) is 18.2 Å². The first-order valence-corrected chi connectivity index (χ1v) is 6.59. The van der Waals surface area contributed by atoms with Gasteiger partial charge >= 0.3 is 0 Å². The molecule has 1 aromatic rings. The van der Waals surface area contributed by atoms with Crippen LogP contribution in [0.25, 0.3) is 0 Å². The number of rotatable bonds is 2. The molecule has 1 aromatic carbocycles. The third-order valence-electron chi connectivity index (χ3n) is 3.67. The lowest BCUT2D eigenvalue weighted by molar-refractivity contribution is -0.132. The van der Waals surface area contributed by atoms with Crippen molar-refractivity contribution in [3.05, 3.63) is 23.8 Å². The first kappa shape index (κ1) is 11.6. The molecule has 1 amide bonds. The Bertz CT molecular complexity index is 503. The van der Waals surface area contributed by atoms with Gasteiger partial charge in [0.2, 0.25) is 0 Å². The summed E-state index contributed by atoms with van der Waals surface area (Å²) in [6.45, 7) is 6.57. The highest BCUT2D eigenvalue weighted by Crippen LogP contribution is 2.41. The van der Waals surface area contributed by atoms with E-state index in [1.807, 2.05) is 43.9 Å². The summed E-state index contributed by atoms with van der Waals surface area (Å²) in [5.74, 6) is 1.59. The molecular formula is C15H19NO2. The Morgan fingerprint density at radius 1 is 1.39 bits per heavy atom. The van der Waals surface area contributed by atoms with E-state index in [2.05, 4.69) is 0 Å². The minimum Gasteiger partial charge on any atom is -0.476 e.